The van der Waals surface area contributed by atoms with Gasteiger partial charge in [-0.2, -0.15) is 5.26 Å². The van der Waals surface area contributed by atoms with Crippen molar-refractivity contribution in [2.75, 3.05) is 13.2 Å². The topological polar surface area (TPSA) is 96.2 Å². The van der Waals surface area contributed by atoms with Gasteiger partial charge in [-0.25, -0.2) is 4.79 Å². The lowest BCUT2D eigenvalue weighted by atomic mass is 10.3. The van der Waals surface area contributed by atoms with E-state index in [0.717, 1.165) is 0 Å². The Morgan fingerprint density at radius 2 is 2.40 bits per heavy atom. The summed E-state index contributed by atoms with van der Waals surface area (Å²) in [5.41, 5.74) is 4.91. The number of ether oxygens (including phenoxy) is 1. The Bertz CT molecular complexity index is 356. The molecule has 0 aromatic rings. The van der Waals surface area contributed by atoms with Gasteiger partial charge in [0.1, 0.15) is 12.1 Å². The van der Waals surface area contributed by atoms with Gasteiger partial charge in [-0.15, -0.1) is 0 Å². The van der Waals surface area contributed by atoms with Crippen LogP contribution in [0.2, 0.25) is 0 Å². The van der Waals surface area contributed by atoms with Crippen LogP contribution in [0.5, 0.6) is 0 Å². The number of amides is 1. The fourth-order valence-electron chi connectivity index (χ4n) is 1.05. The van der Waals surface area contributed by atoms with Crippen molar-refractivity contribution in [2.45, 2.75) is 13.0 Å². The van der Waals surface area contributed by atoms with E-state index in [1.54, 1.807) is 13.0 Å². The lowest BCUT2D eigenvalue weighted by Crippen LogP contribution is -2.20. The standard InChI is InChI=1S/C9H11N3O3/c1-2-15-9(14)6(3-10)4-12-5-7(12)8(11)13/h4,7H,2,5H2,1H3,(H2,11,13)/b6-4+. The molecule has 1 atom stereocenters. The summed E-state index contributed by atoms with van der Waals surface area (Å²) in [7, 11) is 0. The van der Waals surface area contributed by atoms with Gasteiger partial charge in [-0.1, -0.05) is 0 Å². The van der Waals surface area contributed by atoms with Gasteiger partial charge < -0.3 is 15.4 Å². The van der Waals surface area contributed by atoms with Gasteiger partial charge in [0.15, 0.2) is 5.57 Å². The number of hydrogen-bond acceptors (Lipinski definition) is 5. The Morgan fingerprint density at radius 1 is 1.73 bits per heavy atom. The molecular weight excluding hydrogens is 198 g/mol. The molecule has 0 aromatic heterocycles. The summed E-state index contributed by atoms with van der Waals surface area (Å²) in [6, 6.07) is 1.31. The van der Waals surface area contributed by atoms with E-state index >= 15 is 0 Å². The SMILES string of the molecule is CCOC(=O)/C(C#N)=C/N1CC1C(N)=O. The van der Waals surface area contributed by atoms with E-state index in [1.165, 1.54) is 11.1 Å². The molecule has 2 N–H and O–H groups in total. The molecule has 1 saturated heterocycles. The number of nitrogens with zero attached hydrogens (tertiary/aromatic N) is 2. The quantitative estimate of drug-likeness (QED) is 0.281. The van der Waals surface area contributed by atoms with E-state index in [0.29, 0.717) is 6.54 Å². The second-order valence-corrected chi connectivity index (χ2v) is 2.99. The zero-order chi connectivity index (χ0) is 11.4. The number of carbonyl (C=O) groups is 2. The zero-order valence-corrected chi connectivity index (χ0v) is 8.27. The van der Waals surface area contributed by atoms with Gasteiger partial charge in [0, 0.05) is 12.7 Å². The summed E-state index contributed by atoms with van der Waals surface area (Å²) in [4.78, 5) is 23.4. The second kappa shape index (κ2) is 4.46. The van der Waals surface area contributed by atoms with Crippen LogP contribution in [-0.2, 0) is 14.3 Å². The predicted molar refractivity (Wildman–Crippen MR) is 50.0 cm³/mol. The maximum atomic E-state index is 11.2. The number of esters is 1. The minimum atomic E-state index is -0.685. The molecule has 0 aliphatic carbocycles. The molecule has 0 saturated carbocycles. The summed E-state index contributed by atoms with van der Waals surface area (Å²) in [6.45, 7) is 2.30. The van der Waals surface area contributed by atoms with Crippen molar-refractivity contribution in [3.8, 4) is 6.07 Å². The highest BCUT2D eigenvalue weighted by Gasteiger charge is 2.37. The minimum absolute atomic E-state index is 0.124. The summed E-state index contributed by atoms with van der Waals surface area (Å²) >= 11 is 0. The van der Waals surface area contributed by atoms with Crippen molar-refractivity contribution < 1.29 is 14.3 Å². The molecule has 1 unspecified atom stereocenters. The number of carbonyl (C=O) groups excluding carboxylic acids is 2. The molecule has 1 aliphatic rings. The van der Waals surface area contributed by atoms with Crippen LogP contribution in [0.25, 0.3) is 0 Å². The van der Waals surface area contributed by atoms with E-state index in [4.69, 9.17) is 11.0 Å². The second-order valence-electron chi connectivity index (χ2n) is 2.99. The van der Waals surface area contributed by atoms with Gasteiger partial charge in [0.25, 0.3) is 0 Å². The molecule has 1 rings (SSSR count). The molecule has 1 amide bonds. The van der Waals surface area contributed by atoms with Crippen LogP contribution in [0.1, 0.15) is 6.92 Å². The first-order valence-electron chi connectivity index (χ1n) is 4.44. The monoisotopic (exact) mass is 209 g/mol. The van der Waals surface area contributed by atoms with Gasteiger partial charge in [-0.3, -0.25) is 4.79 Å². The normalized spacial score (nSPS) is 19.3. The molecule has 0 spiro atoms. The summed E-state index contributed by atoms with van der Waals surface area (Å²) in [6.07, 6.45) is 1.30. The summed E-state index contributed by atoms with van der Waals surface area (Å²) < 4.78 is 4.65. The lowest BCUT2D eigenvalue weighted by molar-refractivity contribution is -0.138. The molecule has 1 aliphatic heterocycles. The summed E-state index contributed by atoms with van der Waals surface area (Å²) in [5.74, 6) is -1.15. The fraction of sp³-hybridized carbons (Fsp3) is 0.444. The molecule has 6 heteroatoms. The highest BCUT2D eigenvalue weighted by molar-refractivity contribution is 5.93. The van der Waals surface area contributed by atoms with Crippen molar-refractivity contribution in [2.24, 2.45) is 5.73 Å². The molecule has 80 valence electrons. The Kier molecular flexibility index (Phi) is 3.29. The third-order valence-corrected chi connectivity index (χ3v) is 1.89. The van der Waals surface area contributed by atoms with Crippen LogP contribution in [-0.4, -0.2) is 36.0 Å². The molecule has 0 radical (unpaired) electrons. The van der Waals surface area contributed by atoms with Crippen molar-refractivity contribution in [1.29, 1.82) is 5.26 Å². The number of nitriles is 1. The van der Waals surface area contributed by atoms with Crippen LogP contribution in [0.4, 0.5) is 0 Å². The largest absolute Gasteiger partial charge is 0.462 e. The number of rotatable bonds is 4. The maximum absolute atomic E-state index is 11.2. The van der Waals surface area contributed by atoms with Crippen molar-refractivity contribution in [3.05, 3.63) is 11.8 Å². The summed E-state index contributed by atoms with van der Waals surface area (Å²) in [5, 5.41) is 8.66. The fourth-order valence-corrected chi connectivity index (χ4v) is 1.05. The third kappa shape index (κ3) is 2.71. The number of primary amides is 1. The van der Waals surface area contributed by atoms with Gasteiger partial charge in [0.05, 0.1) is 6.61 Å². The smallest absolute Gasteiger partial charge is 0.350 e. The lowest BCUT2D eigenvalue weighted by Gasteiger charge is -2.00. The molecule has 0 bridgehead atoms. The van der Waals surface area contributed by atoms with E-state index in [9.17, 15) is 9.59 Å². The van der Waals surface area contributed by atoms with E-state index < -0.39 is 17.9 Å². The van der Waals surface area contributed by atoms with Crippen molar-refractivity contribution in [1.82, 2.24) is 4.90 Å². The Balaban J connectivity index is 2.61. The first-order chi connectivity index (χ1) is 7.10. The van der Waals surface area contributed by atoms with Gasteiger partial charge in [-0.05, 0) is 6.92 Å². The van der Waals surface area contributed by atoms with Crippen LogP contribution < -0.4 is 5.73 Å². The zero-order valence-electron chi connectivity index (χ0n) is 8.27. The van der Waals surface area contributed by atoms with E-state index in [-0.39, 0.29) is 12.2 Å². The van der Waals surface area contributed by atoms with Gasteiger partial charge in [0.2, 0.25) is 5.91 Å². The minimum Gasteiger partial charge on any atom is -0.462 e. The van der Waals surface area contributed by atoms with Crippen LogP contribution >= 0.6 is 0 Å². The molecule has 6 nitrogen and oxygen atoms in total. The van der Waals surface area contributed by atoms with Crippen molar-refractivity contribution >= 4 is 11.9 Å². The predicted octanol–water partition coefficient (Wildman–Crippen LogP) is -0.874. The van der Waals surface area contributed by atoms with Crippen LogP contribution in [0.15, 0.2) is 11.8 Å². The third-order valence-electron chi connectivity index (χ3n) is 1.89. The molecule has 1 heterocycles. The Labute approximate surface area is 86.9 Å². The molecule has 0 aromatic carbocycles. The van der Waals surface area contributed by atoms with Crippen LogP contribution in [0.3, 0.4) is 0 Å². The highest BCUT2D eigenvalue weighted by Crippen LogP contribution is 2.18. The van der Waals surface area contributed by atoms with Crippen molar-refractivity contribution in [3.63, 3.8) is 0 Å². The maximum Gasteiger partial charge on any atom is 0.350 e. The average molecular weight is 209 g/mol. The highest BCUT2D eigenvalue weighted by atomic mass is 16.5. The average Bonchev–Trinajstić information content (AvgIpc) is 2.93. The molecular formula is C9H11N3O3. The Hall–Kier alpha value is -2.03. The first-order valence-corrected chi connectivity index (χ1v) is 4.44. The molecule has 1 fully saturated rings. The van der Waals surface area contributed by atoms with E-state index in [2.05, 4.69) is 4.74 Å². The Morgan fingerprint density at radius 3 is 2.80 bits per heavy atom. The number of nitrogens with two attached hydrogens (primary N) is 1. The van der Waals surface area contributed by atoms with Crippen LogP contribution in [0, 0.1) is 11.3 Å². The van der Waals surface area contributed by atoms with E-state index in [1.807, 2.05) is 0 Å². The molecule has 15 heavy (non-hydrogen) atoms. The number of hydrogen-bond donors (Lipinski definition) is 1. The van der Waals surface area contributed by atoms with Gasteiger partial charge >= 0.3 is 5.97 Å². The first kappa shape index (κ1) is 11.0.